The minimum atomic E-state index is -4.27. The van der Waals surface area contributed by atoms with E-state index in [0.29, 0.717) is 6.42 Å². The second-order valence-electron chi connectivity index (χ2n) is 9.45. The lowest BCUT2D eigenvalue weighted by molar-refractivity contribution is 0.145. The molecule has 3 aromatic carbocycles. The quantitative estimate of drug-likeness (QED) is 0.179. The number of ether oxygens (including phenoxy) is 1. The van der Waals surface area contributed by atoms with Crippen LogP contribution in [-0.4, -0.2) is 47.6 Å². The largest absolute Gasteiger partial charge is 0.446 e. The fourth-order valence-electron chi connectivity index (χ4n) is 4.75. The first-order chi connectivity index (χ1) is 21.2. The van der Waals surface area contributed by atoms with Crippen LogP contribution in [0.25, 0.3) is 28.3 Å². The van der Waals surface area contributed by atoms with Gasteiger partial charge in [0.05, 0.1) is 10.2 Å². The number of rotatable bonds is 10. The van der Waals surface area contributed by atoms with Gasteiger partial charge >= 0.3 is 22.1 Å². The third-order valence-corrected chi connectivity index (χ3v) is 8.33. The van der Waals surface area contributed by atoms with Gasteiger partial charge in [-0.3, -0.25) is 4.52 Å². The molecule has 0 bridgehead atoms. The average Bonchev–Trinajstić information content (AvgIpc) is 3.72. The van der Waals surface area contributed by atoms with Crippen molar-refractivity contribution in [1.82, 2.24) is 29.5 Å². The second kappa shape index (κ2) is 12.0. The van der Waals surface area contributed by atoms with E-state index in [0.717, 1.165) is 32.9 Å². The molecule has 5 aromatic rings. The van der Waals surface area contributed by atoms with E-state index in [1.807, 2.05) is 47.2 Å². The normalized spacial score (nSPS) is 12.0. The Morgan fingerprint density at radius 3 is 2.70 bits per heavy atom. The summed E-state index contributed by atoms with van der Waals surface area (Å²) in [7, 11) is -4.27. The van der Waals surface area contributed by atoms with Gasteiger partial charge in [-0.25, -0.2) is 27.9 Å². The summed E-state index contributed by atoms with van der Waals surface area (Å²) in [6, 6.07) is 17.5. The number of fused-ring (bicyclic) bond motifs is 3. The lowest BCUT2D eigenvalue weighted by Crippen LogP contribution is -2.42. The van der Waals surface area contributed by atoms with Gasteiger partial charge in [0.2, 0.25) is 11.6 Å². The summed E-state index contributed by atoms with van der Waals surface area (Å²) in [5.74, 6) is -1.51. The number of anilines is 1. The molecule has 0 saturated heterocycles. The lowest BCUT2D eigenvalue weighted by atomic mass is 10.0. The highest BCUT2D eigenvalue weighted by molar-refractivity contribution is 9.10. The SMILES string of the molecule is O=C(NS(=O)(=O)NCCNc1nonc1-c1noc(=O)n1-c1ccc(F)c(Br)c1)OCc1cccc2c1Cc1ccccc1-2. The highest BCUT2D eigenvalue weighted by Gasteiger charge is 2.24. The molecular formula is C27H21BrFN7O7S. The van der Waals surface area contributed by atoms with Crippen molar-refractivity contribution in [3.05, 3.63) is 98.2 Å². The summed E-state index contributed by atoms with van der Waals surface area (Å²) >= 11 is 3.06. The number of nitrogens with zero attached hydrogens (tertiary/aromatic N) is 4. The molecule has 2 heterocycles. The first-order valence-corrected chi connectivity index (χ1v) is 15.2. The molecule has 44 heavy (non-hydrogen) atoms. The van der Waals surface area contributed by atoms with Crippen LogP contribution in [0.2, 0.25) is 0 Å². The number of aromatic nitrogens is 4. The number of benzene rings is 3. The van der Waals surface area contributed by atoms with Crippen molar-refractivity contribution in [3.8, 4) is 28.3 Å². The zero-order valence-corrected chi connectivity index (χ0v) is 24.8. The van der Waals surface area contributed by atoms with Crippen LogP contribution < -0.4 is 20.5 Å². The van der Waals surface area contributed by atoms with Gasteiger partial charge in [0.25, 0.3) is 0 Å². The number of hydrogen-bond donors (Lipinski definition) is 3. The van der Waals surface area contributed by atoms with Crippen molar-refractivity contribution in [2.75, 3.05) is 18.4 Å². The molecule has 0 unspecified atom stereocenters. The van der Waals surface area contributed by atoms with Crippen molar-refractivity contribution in [1.29, 1.82) is 0 Å². The molecule has 0 fully saturated rings. The first-order valence-electron chi connectivity index (χ1n) is 12.9. The van der Waals surface area contributed by atoms with Crippen LogP contribution in [0.3, 0.4) is 0 Å². The molecule has 1 aliphatic carbocycles. The molecule has 1 aliphatic rings. The van der Waals surface area contributed by atoms with Crippen molar-refractivity contribution in [2.24, 2.45) is 0 Å². The average molecular weight is 686 g/mol. The summed E-state index contributed by atoms with van der Waals surface area (Å²) < 4.78 is 58.4. The van der Waals surface area contributed by atoms with Crippen LogP contribution in [-0.2, 0) is 28.0 Å². The van der Waals surface area contributed by atoms with E-state index in [1.165, 1.54) is 17.7 Å². The minimum absolute atomic E-state index is 0.0114. The third kappa shape index (κ3) is 5.97. The smallest absolute Gasteiger partial charge is 0.444 e. The Balaban J connectivity index is 1.03. The molecule has 226 valence electrons. The monoisotopic (exact) mass is 685 g/mol. The summed E-state index contributed by atoms with van der Waals surface area (Å²) in [6.07, 6.45) is -0.445. The molecule has 0 atom stereocenters. The van der Waals surface area contributed by atoms with Crippen LogP contribution in [0.4, 0.5) is 15.0 Å². The van der Waals surface area contributed by atoms with Crippen molar-refractivity contribution >= 4 is 38.1 Å². The predicted molar refractivity (Wildman–Crippen MR) is 156 cm³/mol. The van der Waals surface area contributed by atoms with E-state index >= 15 is 0 Å². The van der Waals surface area contributed by atoms with E-state index in [-0.39, 0.29) is 47.2 Å². The molecule has 0 aliphatic heterocycles. The Kier molecular flexibility index (Phi) is 7.98. The van der Waals surface area contributed by atoms with Gasteiger partial charge in [-0.1, -0.05) is 47.6 Å². The molecule has 2 aromatic heterocycles. The summed E-state index contributed by atoms with van der Waals surface area (Å²) in [5.41, 5.74) is 5.36. The Hall–Kier alpha value is -4.87. The topological polar surface area (TPSA) is 183 Å². The molecule has 14 nitrogen and oxygen atoms in total. The lowest BCUT2D eigenvalue weighted by Gasteiger charge is -2.11. The van der Waals surface area contributed by atoms with Gasteiger partial charge in [0.1, 0.15) is 12.4 Å². The Morgan fingerprint density at radius 2 is 1.86 bits per heavy atom. The third-order valence-electron chi connectivity index (χ3n) is 6.70. The number of amides is 1. The van der Waals surface area contributed by atoms with Gasteiger partial charge in [-0.15, -0.1) is 0 Å². The van der Waals surface area contributed by atoms with Crippen molar-refractivity contribution in [3.63, 3.8) is 0 Å². The van der Waals surface area contributed by atoms with Crippen LogP contribution >= 0.6 is 15.9 Å². The summed E-state index contributed by atoms with van der Waals surface area (Å²) in [6.45, 7) is -0.349. The highest BCUT2D eigenvalue weighted by Crippen LogP contribution is 2.38. The zero-order valence-electron chi connectivity index (χ0n) is 22.4. The fourth-order valence-corrected chi connectivity index (χ4v) is 5.83. The minimum Gasteiger partial charge on any atom is -0.444 e. The van der Waals surface area contributed by atoms with Crippen molar-refractivity contribution < 1.29 is 31.5 Å². The Labute approximate surface area is 256 Å². The van der Waals surface area contributed by atoms with Gasteiger partial charge in [0.15, 0.2) is 5.69 Å². The van der Waals surface area contributed by atoms with Crippen LogP contribution in [0.5, 0.6) is 0 Å². The number of hydrogen-bond acceptors (Lipinski definition) is 11. The molecule has 0 radical (unpaired) electrons. The molecule has 0 spiro atoms. The van der Waals surface area contributed by atoms with Gasteiger partial charge < -0.3 is 10.1 Å². The molecule has 6 rings (SSSR count). The highest BCUT2D eigenvalue weighted by atomic mass is 79.9. The summed E-state index contributed by atoms with van der Waals surface area (Å²) in [4.78, 5) is 24.6. The molecule has 17 heteroatoms. The summed E-state index contributed by atoms with van der Waals surface area (Å²) in [5, 5.41) is 14.0. The van der Waals surface area contributed by atoms with Crippen LogP contribution in [0, 0.1) is 5.82 Å². The number of nitrogens with one attached hydrogen (secondary N) is 3. The van der Waals surface area contributed by atoms with Gasteiger partial charge in [0, 0.05) is 13.1 Å². The number of carbonyl (C=O) groups excluding carboxylic acids is 1. The number of halogens is 2. The van der Waals surface area contributed by atoms with E-state index in [1.54, 1.807) is 0 Å². The van der Waals surface area contributed by atoms with E-state index in [2.05, 4.69) is 41.4 Å². The maximum absolute atomic E-state index is 13.7. The van der Waals surface area contributed by atoms with E-state index in [4.69, 9.17) is 13.9 Å². The fraction of sp³-hybridized carbons (Fsp3) is 0.148. The number of carbonyl (C=O) groups is 1. The van der Waals surface area contributed by atoms with Crippen LogP contribution in [0.1, 0.15) is 16.7 Å². The molecule has 1 amide bonds. The van der Waals surface area contributed by atoms with Crippen molar-refractivity contribution in [2.45, 2.75) is 13.0 Å². The first kappa shape index (κ1) is 29.2. The molecular weight excluding hydrogens is 665 g/mol. The van der Waals surface area contributed by atoms with E-state index in [9.17, 15) is 22.4 Å². The standard InChI is InChI=1S/C27H21BrFN7O7S/c28-21-13-17(8-9-22(21)29)36-25(34-42-27(36)38)23-24(33-43-32-23)30-10-11-31-44(39,40)35-26(37)41-14-16-5-3-7-19-18-6-2-1-4-15(18)12-20(16)19/h1-9,13,31H,10-12,14H2,(H,30,33)(H,35,37). The van der Waals surface area contributed by atoms with E-state index < -0.39 is 27.9 Å². The molecule has 3 N–H and O–H groups in total. The Morgan fingerprint density at radius 1 is 1.05 bits per heavy atom. The predicted octanol–water partition coefficient (Wildman–Crippen LogP) is 3.52. The maximum atomic E-state index is 13.7. The Bertz CT molecular complexity index is 2040. The maximum Gasteiger partial charge on any atom is 0.446 e. The van der Waals surface area contributed by atoms with Crippen LogP contribution in [0.15, 0.2) is 79.1 Å². The molecule has 0 saturated carbocycles. The van der Waals surface area contributed by atoms with Gasteiger partial charge in [-0.05, 0) is 78.7 Å². The zero-order chi connectivity index (χ0) is 30.8. The van der Waals surface area contributed by atoms with Gasteiger partial charge in [-0.2, -0.15) is 13.1 Å². The second-order valence-corrected chi connectivity index (χ2v) is 11.8.